The molecule has 0 saturated carbocycles. The van der Waals surface area contributed by atoms with Gasteiger partial charge in [0.15, 0.2) is 0 Å². The molecular weight excluding hydrogens is 250 g/mol. The Morgan fingerprint density at radius 3 is 2.39 bits per heavy atom. The van der Waals surface area contributed by atoms with Crippen LogP contribution in [0.15, 0.2) is 53.6 Å². The van der Waals surface area contributed by atoms with E-state index in [1.165, 1.54) is 12.1 Å². The molecule has 0 unspecified atom stereocenters. The largest absolute Gasteiger partial charge is 0.379 e. The highest BCUT2D eigenvalue weighted by Gasteiger charge is 2.06. The van der Waals surface area contributed by atoms with Gasteiger partial charge in [-0.2, -0.15) is 0 Å². The van der Waals surface area contributed by atoms with E-state index in [9.17, 15) is 8.42 Å². The van der Waals surface area contributed by atoms with E-state index >= 15 is 0 Å². The van der Waals surface area contributed by atoms with Crippen molar-refractivity contribution in [1.29, 1.82) is 0 Å². The number of sulfonamides is 1. The van der Waals surface area contributed by atoms with Crippen molar-refractivity contribution >= 4 is 15.7 Å². The molecule has 3 N–H and O–H groups in total. The van der Waals surface area contributed by atoms with Gasteiger partial charge in [-0.1, -0.05) is 6.07 Å². The minimum Gasteiger partial charge on any atom is -0.379 e. The van der Waals surface area contributed by atoms with Gasteiger partial charge in [0.2, 0.25) is 10.0 Å². The maximum absolute atomic E-state index is 11.1. The van der Waals surface area contributed by atoms with Crippen LogP contribution in [0.3, 0.4) is 0 Å². The maximum atomic E-state index is 11.1. The summed E-state index contributed by atoms with van der Waals surface area (Å²) in [6.45, 7) is 0.579. The summed E-state index contributed by atoms with van der Waals surface area (Å²) in [6, 6.07) is 11.9. The fourth-order valence-corrected chi connectivity index (χ4v) is 1.97. The molecule has 18 heavy (non-hydrogen) atoms. The monoisotopic (exact) mass is 263 g/mol. The highest BCUT2D eigenvalue weighted by atomic mass is 32.2. The van der Waals surface area contributed by atoms with Gasteiger partial charge in [-0.25, -0.2) is 13.6 Å². The number of pyridine rings is 1. The molecule has 0 aliphatic heterocycles. The molecular formula is C12H13N3O2S. The lowest BCUT2D eigenvalue weighted by molar-refractivity contribution is 0.598. The van der Waals surface area contributed by atoms with E-state index in [2.05, 4.69) is 10.3 Å². The number of aromatic nitrogens is 1. The van der Waals surface area contributed by atoms with E-state index in [-0.39, 0.29) is 4.90 Å². The molecule has 0 radical (unpaired) electrons. The lowest BCUT2D eigenvalue weighted by Gasteiger charge is -2.06. The summed E-state index contributed by atoms with van der Waals surface area (Å²) in [7, 11) is -3.63. The van der Waals surface area contributed by atoms with Gasteiger partial charge in [-0.15, -0.1) is 0 Å². The number of hydrogen-bond acceptors (Lipinski definition) is 4. The Balaban J connectivity index is 2.03. The molecule has 5 nitrogen and oxygen atoms in total. The van der Waals surface area contributed by atoms with Gasteiger partial charge < -0.3 is 5.32 Å². The fourth-order valence-electron chi connectivity index (χ4n) is 1.46. The van der Waals surface area contributed by atoms with E-state index in [0.29, 0.717) is 6.54 Å². The molecule has 0 aliphatic rings. The Morgan fingerprint density at radius 2 is 1.83 bits per heavy atom. The summed E-state index contributed by atoms with van der Waals surface area (Å²) < 4.78 is 22.1. The van der Waals surface area contributed by atoms with Crippen molar-refractivity contribution in [2.24, 2.45) is 5.14 Å². The number of nitrogens with two attached hydrogens (primary N) is 1. The van der Waals surface area contributed by atoms with Gasteiger partial charge >= 0.3 is 0 Å². The third-order valence-electron chi connectivity index (χ3n) is 2.38. The number of anilines is 1. The second-order valence-electron chi connectivity index (χ2n) is 3.74. The quantitative estimate of drug-likeness (QED) is 0.871. The first kappa shape index (κ1) is 12.5. The number of rotatable bonds is 4. The van der Waals surface area contributed by atoms with Crippen LogP contribution in [0.2, 0.25) is 0 Å². The van der Waals surface area contributed by atoms with Crippen LogP contribution in [0.4, 0.5) is 5.69 Å². The Kier molecular flexibility index (Phi) is 3.59. The van der Waals surface area contributed by atoms with Crippen LogP contribution >= 0.6 is 0 Å². The molecule has 0 saturated heterocycles. The molecule has 0 spiro atoms. The van der Waals surface area contributed by atoms with Crippen molar-refractivity contribution in [3.05, 3.63) is 54.4 Å². The van der Waals surface area contributed by atoms with Crippen molar-refractivity contribution in [3.8, 4) is 0 Å². The number of nitrogens with zero attached hydrogens (tertiary/aromatic N) is 1. The molecule has 0 amide bonds. The first-order valence-electron chi connectivity index (χ1n) is 5.32. The highest BCUT2D eigenvalue weighted by molar-refractivity contribution is 7.89. The summed E-state index contributed by atoms with van der Waals surface area (Å²) in [6.07, 6.45) is 1.72. The van der Waals surface area contributed by atoms with Gasteiger partial charge in [-0.05, 0) is 36.4 Å². The average molecular weight is 263 g/mol. The van der Waals surface area contributed by atoms with Crippen molar-refractivity contribution in [3.63, 3.8) is 0 Å². The Hall–Kier alpha value is -1.92. The highest BCUT2D eigenvalue weighted by Crippen LogP contribution is 2.13. The predicted molar refractivity (Wildman–Crippen MR) is 69.4 cm³/mol. The minimum absolute atomic E-state index is 0.103. The molecule has 2 rings (SSSR count). The molecule has 94 valence electrons. The smallest absolute Gasteiger partial charge is 0.238 e. The minimum atomic E-state index is -3.63. The van der Waals surface area contributed by atoms with Crippen molar-refractivity contribution in [2.75, 3.05) is 5.32 Å². The standard InChI is InChI=1S/C12H13N3O2S/c13-18(16,17)12-6-4-10(5-7-12)15-9-11-3-1-2-8-14-11/h1-8,15H,9H2,(H2,13,16,17). The summed E-state index contributed by atoms with van der Waals surface area (Å²) in [5.74, 6) is 0. The lowest BCUT2D eigenvalue weighted by Crippen LogP contribution is -2.12. The van der Waals surface area contributed by atoms with Gasteiger partial charge in [0.25, 0.3) is 0 Å². The van der Waals surface area contributed by atoms with Gasteiger partial charge in [0, 0.05) is 11.9 Å². The van der Waals surface area contributed by atoms with Crippen LogP contribution in [-0.4, -0.2) is 13.4 Å². The second-order valence-corrected chi connectivity index (χ2v) is 5.31. The van der Waals surface area contributed by atoms with Crippen LogP contribution in [0.1, 0.15) is 5.69 Å². The normalized spacial score (nSPS) is 11.2. The maximum Gasteiger partial charge on any atom is 0.238 e. The van der Waals surface area contributed by atoms with Crippen LogP contribution in [0.25, 0.3) is 0 Å². The summed E-state index contributed by atoms with van der Waals surface area (Å²) in [5.41, 5.74) is 1.72. The fraction of sp³-hybridized carbons (Fsp3) is 0.0833. The molecule has 1 aromatic carbocycles. The average Bonchev–Trinajstić information content (AvgIpc) is 2.37. The van der Waals surface area contributed by atoms with Crippen LogP contribution in [-0.2, 0) is 16.6 Å². The Morgan fingerprint density at radius 1 is 1.11 bits per heavy atom. The van der Waals surface area contributed by atoms with Crippen LogP contribution in [0.5, 0.6) is 0 Å². The molecule has 0 aliphatic carbocycles. The van der Waals surface area contributed by atoms with Gasteiger partial charge in [0.1, 0.15) is 0 Å². The van der Waals surface area contributed by atoms with Crippen molar-refractivity contribution in [1.82, 2.24) is 4.98 Å². The molecule has 0 atom stereocenters. The van der Waals surface area contributed by atoms with Gasteiger partial charge in [0.05, 0.1) is 17.1 Å². The SMILES string of the molecule is NS(=O)(=O)c1ccc(NCc2ccccn2)cc1. The van der Waals surface area contributed by atoms with E-state index < -0.39 is 10.0 Å². The number of primary sulfonamides is 1. The number of hydrogen-bond donors (Lipinski definition) is 2. The Bertz CT molecular complexity index is 610. The topological polar surface area (TPSA) is 85.1 Å². The molecule has 1 heterocycles. The third kappa shape index (κ3) is 3.28. The molecule has 0 bridgehead atoms. The molecule has 1 aromatic heterocycles. The van der Waals surface area contributed by atoms with E-state index in [1.807, 2.05) is 18.2 Å². The van der Waals surface area contributed by atoms with E-state index in [4.69, 9.17) is 5.14 Å². The summed E-state index contributed by atoms with van der Waals surface area (Å²) in [4.78, 5) is 4.27. The third-order valence-corrected chi connectivity index (χ3v) is 3.31. The number of benzene rings is 1. The number of nitrogens with one attached hydrogen (secondary N) is 1. The molecule has 2 aromatic rings. The van der Waals surface area contributed by atoms with Gasteiger partial charge in [-0.3, -0.25) is 4.98 Å². The summed E-state index contributed by atoms with van der Waals surface area (Å²) in [5, 5.41) is 8.16. The van der Waals surface area contributed by atoms with E-state index in [0.717, 1.165) is 11.4 Å². The molecule has 6 heteroatoms. The van der Waals surface area contributed by atoms with Crippen molar-refractivity contribution < 1.29 is 8.42 Å². The molecule has 0 fully saturated rings. The lowest BCUT2D eigenvalue weighted by atomic mass is 10.3. The van der Waals surface area contributed by atoms with Crippen LogP contribution < -0.4 is 10.5 Å². The van der Waals surface area contributed by atoms with E-state index in [1.54, 1.807) is 18.3 Å². The van der Waals surface area contributed by atoms with Crippen molar-refractivity contribution in [2.45, 2.75) is 11.4 Å². The first-order chi connectivity index (χ1) is 8.55. The second kappa shape index (κ2) is 5.16. The Labute approximate surface area is 106 Å². The first-order valence-corrected chi connectivity index (χ1v) is 6.87. The zero-order chi connectivity index (χ0) is 13.0. The zero-order valence-corrected chi connectivity index (χ0v) is 10.4. The predicted octanol–water partition coefficient (Wildman–Crippen LogP) is 1.34. The summed E-state index contributed by atoms with van der Waals surface area (Å²) >= 11 is 0. The van der Waals surface area contributed by atoms with Crippen LogP contribution in [0, 0.1) is 0 Å². The zero-order valence-electron chi connectivity index (χ0n) is 9.58.